The van der Waals surface area contributed by atoms with Crippen molar-refractivity contribution in [1.82, 2.24) is 5.32 Å². The fourth-order valence-electron chi connectivity index (χ4n) is 0.665. The minimum absolute atomic E-state index is 0. The summed E-state index contributed by atoms with van der Waals surface area (Å²) >= 11 is 0. The molecule has 1 amide bonds. The van der Waals surface area contributed by atoms with Crippen molar-refractivity contribution in [2.75, 3.05) is 12.3 Å². The van der Waals surface area contributed by atoms with Gasteiger partial charge in [0.05, 0.1) is 10.1 Å². The molecular formula is C7H14NO4SSr+. The minimum atomic E-state index is -4.14. The summed E-state index contributed by atoms with van der Waals surface area (Å²) < 4.78 is 30.4. The predicted octanol–water partition coefficient (Wildman–Crippen LogP) is -0.687. The topological polar surface area (TPSA) is 86.3 Å². The van der Waals surface area contributed by atoms with E-state index in [2.05, 4.69) is 5.32 Å². The van der Waals surface area contributed by atoms with Crippen molar-refractivity contribution < 1.29 is 17.8 Å². The predicted molar refractivity (Wildman–Crippen MR) is 52.8 cm³/mol. The fraction of sp³-hybridized carbons (Fsp3) is 0.857. The zero-order valence-corrected chi connectivity index (χ0v) is 12.7. The van der Waals surface area contributed by atoms with E-state index in [1.54, 1.807) is 13.8 Å². The summed E-state index contributed by atoms with van der Waals surface area (Å²) in [7, 11) is -4.14. The van der Waals surface area contributed by atoms with Gasteiger partial charge in [0, 0.05) is 18.2 Å². The van der Waals surface area contributed by atoms with Crippen molar-refractivity contribution in [2.24, 2.45) is 5.92 Å². The van der Waals surface area contributed by atoms with Gasteiger partial charge in [0.15, 0.2) is 0 Å². The van der Waals surface area contributed by atoms with Crippen LogP contribution in [-0.4, -0.2) is 76.7 Å². The Morgan fingerprint density at radius 1 is 1.43 bits per heavy atom. The summed E-state index contributed by atoms with van der Waals surface area (Å²) in [6.07, 6.45) is 0.171. The van der Waals surface area contributed by atoms with Crippen molar-refractivity contribution in [2.45, 2.75) is 20.3 Å². The van der Waals surface area contributed by atoms with Crippen LogP contribution in [0.5, 0.6) is 0 Å². The van der Waals surface area contributed by atoms with Crippen molar-refractivity contribution in [1.29, 1.82) is 0 Å². The van der Waals surface area contributed by atoms with Crippen molar-refractivity contribution in [3.05, 3.63) is 0 Å². The van der Waals surface area contributed by atoms with Gasteiger partial charge in [-0.15, -0.1) is 0 Å². The van der Waals surface area contributed by atoms with Crippen LogP contribution < -0.4 is 5.32 Å². The molecule has 0 atom stereocenters. The molecule has 0 aliphatic carbocycles. The molecule has 0 aliphatic heterocycles. The van der Waals surface area contributed by atoms with Crippen molar-refractivity contribution in [3.63, 3.8) is 0 Å². The van der Waals surface area contributed by atoms with Crippen LogP contribution in [0.25, 0.3) is 0 Å². The van der Waals surface area contributed by atoms with E-state index in [0.717, 1.165) is 0 Å². The number of rotatable bonds is 5. The van der Waals surface area contributed by atoms with Gasteiger partial charge >= 0.3 is 45.5 Å². The first kappa shape index (κ1) is 17.3. The molecule has 0 fully saturated rings. The summed E-state index contributed by atoms with van der Waals surface area (Å²) in [4.78, 5) is 10.9. The largest absolute Gasteiger partial charge is 2.00 e. The molecule has 1 N–H and O–H groups in total. The van der Waals surface area contributed by atoms with Crippen LogP contribution in [0.1, 0.15) is 20.3 Å². The Morgan fingerprint density at radius 2 is 1.93 bits per heavy atom. The van der Waals surface area contributed by atoms with Crippen LogP contribution in [-0.2, 0) is 14.9 Å². The molecule has 0 saturated carbocycles. The Morgan fingerprint density at radius 3 is 2.29 bits per heavy atom. The van der Waals surface area contributed by atoms with E-state index in [9.17, 15) is 17.8 Å². The average Bonchev–Trinajstić information content (AvgIpc) is 1.95. The molecule has 0 aliphatic rings. The molecule has 5 nitrogen and oxygen atoms in total. The third-order valence-electron chi connectivity index (χ3n) is 1.39. The third-order valence-corrected chi connectivity index (χ3v) is 2.18. The first-order valence-corrected chi connectivity index (χ1v) is 5.62. The molecule has 78 valence electrons. The Hall–Kier alpha value is 0.861. The second-order valence-corrected chi connectivity index (χ2v) is 4.58. The third kappa shape index (κ3) is 10.9. The second kappa shape index (κ2) is 8.06. The Balaban J connectivity index is 0. The molecule has 0 spiro atoms. The second-order valence-electron chi connectivity index (χ2n) is 3.06. The Labute approximate surface area is 122 Å². The smallest absolute Gasteiger partial charge is 0.748 e. The number of carbonyl (C=O) groups is 1. The monoisotopic (exact) mass is 296 g/mol. The zero-order valence-electron chi connectivity index (χ0n) is 8.45. The van der Waals surface area contributed by atoms with Crippen LogP contribution >= 0.6 is 0 Å². The molecule has 0 radical (unpaired) electrons. The van der Waals surface area contributed by atoms with E-state index in [1.165, 1.54) is 0 Å². The standard InChI is InChI=1S/C7H15NO4S.Sr/c1-6(2)7(9)8-4-3-5-13(10,11)12;/h6H,3-5H2,1-2H3,(H,8,9)(H,10,11,12);/q;+2/p-1. The van der Waals surface area contributed by atoms with Crippen molar-refractivity contribution in [3.8, 4) is 0 Å². The first-order chi connectivity index (χ1) is 5.83. The Bertz CT molecular complexity index is 263. The number of hydrogen-bond donors (Lipinski definition) is 1. The molecule has 0 aromatic heterocycles. The van der Waals surface area contributed by atoms with Crippen LogP contribution in [0.15, 0.2) is 0 Å². The van der Waals surface area contributed by atoms with Gasteiger partial charge in [-0.05, 0) is 6.42 Å². The maximum absolute atomic E-state index is 10.9. The summed E-state index contributed by atoms with van der Waals surface area (Å²) in [5.41, 5.74) is 0. The van der Waals surface area contributed by atoms with E-state index in [4.69, 9.17) is 0 Å². The number of amides is 1. The van der Waals surface area contributed by atoms with Gasteiger partial charge in [0.25, 0.3) is 0 Å². The zero-order chi connectivity index (χ0) is 10.5. The van der Waals surface area contributed by atoms with Gasteiger partial charge in [0.1, 0.15) is 0 Å². The van der Waals surface area contributed by atoms with Gasteiger partial charge in [-0.2, -0.15) is 0 Å². The quantitative estimate of drug-likeness (QED) is 0.413. The van der Waals surface area contributed by atoms with Gasteiger partial charge in [0.2, 0.25) is 5.91 Å². The molecule has 0 rings (SSSR count). The first-order valence-electron chi connectivity index (χ1n) is 4.04. The average molecular weight is 296 g/mol. The van der Waals surface area contributed by atoms with Gasteiger partial charge in [-0.3, -0.25) is 4.79 Å². The van der Waals surface area contributed by atoms with Crippen LogP contribution in [0, 0.1) is 5.92 Å². The van der Waals surface area contributed by atoms with Gasteiger partial charge in [-0.25, -0.2) is 8.42 Å². The molecule has 0 saturated heterocycles. The van der Waals surface area contributed by atoms with E-state index >= 15 is 0 Å². The van der Waals surface area contributed by atoms with E-state index in [1.807, 2.05) is 0 Å². The molecular weight excluding hydrogens is 282 g/mol. The SMILES string of the molecule is CC(C)C(=O)NCCCS(=O)(=O)[O-].[Sr+2]. The van der Waals surface area contributed by atoms with Crippen LogP contribution in [0.3, 0.4) is 0 Å². The number of carbonyl (C=O) groups excluding carboxylic acids is 1. The molecule has 7 heteroatoms. The van der Waals surface area contributed by atoms with E-state index in [-0.39, 0.29) is 70.3 Å². The number of hydrogen-bond acceptors (Lipinski definition) is 4. The summed E-state index contributed by atoms with van der Waals surface area (Å²) in [6, 6.07) is 0. The molecule has 14 heavy (non-hydrogen) atoms. The fourth-order valence-corrected chi connectivity index (χ4v) is 1.16. The Kier molecular flexibility index (Phi) is 9.94. The van der Waals surface area contributed by atoms with Gasteiger partial charge in [-0.1, -0.05) is 13.8 Å². The summed E-state index contributed by atoms with van der Waals surface area (Å²) in [6.45, 7) is 3.71. The van der Waals surface area contributed by atoms with E-state index < -0.39 is 15.9 Å². The molecule has 0 bridgehead atoms. The van der Waals surface area contributed by atoms with Gasteiger partial charge < -0.3 is 9.87 Å². The van der Waals surface area contributed by atoms with Crippen molar-refractivity contribution >= 4 is 61.5 Å². The normalized spacial score (nSPS) is 10.9. The van der Waals surface area contributed by atoms with Crippen LogP contribution in [0.2, 0.25) is 0 Å². The summed E-state index contributed by atoms with van der Waals surface area (Å²) in [5.74, 6) is -0.682. The van der Waals surface area contributed by atoms with Crippen LogP contribution in [0.4, 0.5) is 0 Å². The minimum Gasteiger partial charge on any atom is -0.748 e. The maximum atomic E-state index is 10.9. The molecule has 0 aromatic rings. The number of nitrogens with one attached hydrogen (secondary N) is 1. The summed E-state index contributed by atoms with van der Waals surface area (Å²) in [5, 5.41) is 2.51. The molecule has 0 unspecified atom stereocenters. The molecule has 0 aromatic carbocycles. The molecule has 0 heterocycles. The maximum Gasteiger partial charge on any atom is 2.00 e. The van der Waals surface area contributed by atoms with E-state index in [0.29, 0.717) is 0 Å².